The molecule has 0 unspecified atom stereocenters. The van der Waals surface area contributed by atoms with E-state index in [0.29, 0.717) is 5.54 Å². The van der Waals surface area contributed by atoms with Crippen LogP contribution in [0.2, 0.25) is 0 Å². The summed E-state index contributed by atoms with van der Waals surface area (Å²) in [6.07, 6.45) is 4.55. The van der Waals surface area contributed by atoms with E-state index in [1.165, 1.54) is 18.4 Å². The average molecular weight is 189 g/mol. The maximum Gasteiger partial charge on any atom is 0.120 e. The van der Waals surface area contributed by atoms with Crippen LogP contribution in [0.15, 0.2) is 12.3 Å². The highest BCUT2D eigenvalue weighted by Gasteiger charge is 2.36. The van der Waals surface area contributed by atoms with E-state index in [1.54, 1.807) is 0 Å². The van der Waals surface area contributed by atoms with E-state index < -0.39 is 0 Å². The predicted molar refractivity (Wildman–Crippen MR) is 54.6 cm³/mol. The number of aromatic nitrogens is 1. The van der Waals surface area contributed by atoms with E-state index in [0.717, 1.165) is 12.2 Å². The van der Waals surface area contributed by atoms with Gasteiger partial charge in [0.25, 0.3) is 0 Å². The molecule has 1 heterocycles. The summed E-state index contributed by atoms with van der Waals surface area (Å²) in [7, 11) is 1.90. The molecule has 1 saturated carbocycles. The predicted octanol–water partition coefficient (Wildman–Crippen LogP) is 1.54. The highest BCUT2D eigenvalue weighted by Crippen LogP contribution is 2.34. The van der Waals surface area contributed by atoms with Gasteiger partial charge in [0.2, 0.25) is 0 Å². The lowest BCUT2D eigenvalue weighted by molar-refractivity contribution is 0.537. The second-order valence-electron chi connectivity index (χ2n) is 4.37. The fraction of sp³-hybridized carbons (Fsp3) is 0.545. The molecule has 0 radical (unpaired) electrons. The first-order valence-electron chi connectivity index (χ1n) is 4.93. The summed E-state index contributed by atoms with van der Waals surface area (Å²) in [5.74, 6) is 0. The quantitative estimate of drug-likeness (QED) is 0.783. The molecule has 3 heteroatoms. The van der Waals surface area contributed by atoms with Gasteiger partial charge >= 0.3 is 0 Å². The molecule has 0 amide bonds. The molecule has 0 aliphatic heterocycles. The SMILES string of the molecule is Cn1cc(CNC2(C)CC2)cc1C#N. The lowest BCUT2D eigenvalue weighted by atomic mass is 10.2. The van der Waals surface area contributed by atoms with Crippen molar-refractivity contribution < 1.29 is 0 Å². The van der Waals surface area contributed by atoms with Crippen molar-refractivity contribution in [2.24, 2.45) is 7.05 Å². The van der Waals surface area contributed by atoms with Crippen LogP contribution >= 0.6 is 0 Å². The van der Waals surface area contributed by atoms with E-state index in [1.807, 2.05) is 23.9 Å². The van der Waals surface area contributed by atoms with E-state index >= 15 is 0 Å². The number of aryl methyl sites for hydroxylation is 1. The number of hydrogen-bond donors (Lipinski definition) is 1. The van der Waals surface area contributed by atoms with Gasteiger partial charge in [0.1, 0.15) is 11.8 Å². The standard InChI is InChI=1S/C11H15N3/c1-11(3-4-11)13-7-9-5-10(6-12)14(2)8-9/h5,8,13H,3-4,7H2,1-2H3. The largest absolute Gasteiger partial charge is 0.342 e. The zero-order chi connectivity index (χ0) is 10.2. The highest BCUT2D eigenvalue weighted by molar-refractivity contribution is 5.28. The summed E-state index contributed by atoms with van der Waals surface area (Å²) in [5.41, 5.74) is 2.28. The summed E-state index contributed by atoms with van der Waals surface area (Å²) in [5, 5.41) is 12.3. The normalized spacial score (nSPS) is 17.8. The van der Waals surface area contributed by atoms with Gasteiger partial charge in [-0.1, -0.05) is 0 Å². The van der Waals surface area contributed by atoms with Crippen molar-refractivity contribution in [3.63, 3.8) is 0 Å². The Hall–Kier alpha value is -1.27. The van der Waals surface area contributed by atoms with Crippen LogP contribution < -0.4 is 5.32 Å². The summed E-state index contributed by atoms with van der Waals surface area (Å²) < 4.78 is 1.87. The molecule has 14 heavy (non-hydrogen) atoms. The van der Waals surface area contributed by atoms with Gasteiger partial charge in [-0.2, -0.15) is 5.26 Å². The molecule has 0 spiro atoms. The second-order valence-corrected chi connectivity index (χ2v) is 4.37. The Morgan fingerprint density at radius 2 is 2.36 bits per heavy atom. The van der Waals surface area contributed by atoms with Gasteiger partial charge in [0.15, 0.2) is 0 Å². The lowest BCUT2D eigenvalue weighted by Crippen LogP contribution is -2.26. The minimum atomic E-state index is 0.364. The Balaban J connectivity index is 2.00. The van der Waals surface area contributed by atoms with Crippen LogP contribution in [0, 0.1) is 11.3 Å². The van der Waals surface area contributed by atoms with E-state index in [2.05, 4.69) is 18.3 Å². The molecule has 1 aliphatic rings. The van der Waals surface area contributed by atoms with Crippen molar-refractivity contribution in [3.8, 4) is 6.07 Å². The van der Waals surface area contributed by atoms with Crippen LogP contribution in [0.4, 0.5) is 0 Å². The van der Waals surface area contributed by atoms with Gasteiger partial charge < -0.3 is 9.88 Å². The molecule has 0 saturated heterocycles. The molecular formula is C11H15N3. The van der Waals surface area contributed by atoms with Crippen molar-refractivity contribution in [1.29, 1.82) is 5.26 Å². The van der Waals surface area contributed by atoms with Crippen molar-refractivity contribution in [2.75, 3.05) is 0 Å². The fourth-order valence-electron chi connectivity index (χ4n) is 1.52. The highest BCUT2D eigenvalue weighted by atomic mass is 15.0. The maximum atomic E-state index is 8.78. The topological polar surface area (TPSA) is 40.8 Å². The summed E-state index contributed by atoms with van der Waals surface area (Å²) in [6, 6.07) is 4.11. The first-order valence-corrected chi connectivity index (χ1v) is 4.93. The second kappa shape index (κ2) is 3.14. The molecular weight excluding hydrogens is 174 g/mol. The first kappa shape index (κ1) is 9.29. The third-order valence-electron chi connectivity index (χ3n) is 2.90. The molecule has 0 bridgehead atoms. The van der Waals surface area contributed by atoms with Gasteiger partial charge in [0, 0.05) is 25.3 Å². The zero-order valence-electron chi connectivity index (χ0n) is 8.67. The average Bonchev–Trinajstić information content (AvgIpc) is 2.77. The molecule has 0 aromatic carbocycles. The summed E-state index contributed by atoms with van der Waals surface area (Å²) >= 11 is 0. The van der Waals surface area contributed by atoms with Crippen molar-refractivity contribution >= 4 is 0 Å². The fourth-order valence-corrected chi connectivity index (χ4v) is 1.52. The number of rotatable bonds is 3. The van der Waals surface area contributed by atoms with Crippen LogP contribution in [0.25, 0.3) is 0 Å². The minimum Gasteiger partial charge on any atom is -0.342 e. The Morgan fingerprint density at radius 3 is 2.86 bits per heavy atom. The van der Waals surface area contributed by atoms with Crippen LogP contribution in [0.1, 0.15) is 31.0 Å². The third-order valence-corrected chi connectivity index (χ3v) is 2.90. The zero-order valence-corrected chi connectivity index (χ0v) is 8.67. The molecule has 1 N–H and O–H groups in total. The molecule has 0 atom stereocenters. The Labute approximate surface area is 84.3 Å². The number of nitriles is 1. The van der Waals surface area contributed by atoms with Crippen LogP contribution in [-0.2, 0) is 13.6 Å². The van der Waals surface area contributed by atoms with Gasteiger partial charge in [-0.15, -0.1) is 0 Å². The molecule has 1 fully saturated rings. The van der Waals surface area contributed by atoms with Gasteiger partial charge in [0.05, 0.1) is 0 Å². The number of nitrogens with zero attached hydrogens (tertiary/aromatic N) is 2. The molecule has 1 aromatic rings. The smallest absolute Gasteiger partial charge is 0.120 e. The van der Waals surface area contributed by atoms with Crippen molar-refractivity contribution in [2.45, 2.75) is 31.8 Å². The molecule has 74 valence electrons. The Kier molecular flexibility index (Phi) is 2.09. The lowest BCUT2D eigenvalue weighted by Gasteiger charge is -2.09. The number of nitrogens with one attached hydrogen (secondary N) is 1. The third kappa shape index (κ3) is 1.80. The molecule has 2 rings (SSSR count). The van der Waals surface area contributed by atoms with Crippen molar-refractivity contribution in [3.05, 3.63) is 23.5 Å². The maximum absolute atomic E-state index is 8.78. The monoisotopic (exact) mass is 189 g/mol. The molecule has 1 aliphatic carbocycles. The van der Waals surface area contributed by atoms with E-state index in [9.17, 15) is 0 Å². The van der Waals surface area contributed by atoms with Crippen molar-refractivity contribution in [1.82, 2.24) is 9.88 Å². The summed E-state index contributed by atoms with van der Waals surface area (Å²) in [4.78, 5) is 0. The first-order chi connectivity index (χ1) is 6.63. The van der Waals surface area contributed by atoms with Gasteiger partial charge in [-0.05, 0) is 31.4 Å². The Morgan fingerprint density at radius 1 is 1.64 bits per heavy atom. The van der Waals surface area contributed by atoms with Gasteiger partial charge in [-0.25, -0.2) is 0 Å². The minimum absolute atomic E-state index is 0.364. The van der Waals surface area contributed by atoms with Crippen LogP contribution in [0.5, 0.6) is 0 Å². The van der Waals surface area contributed by atoms with E-state index in [4.69, 9.17) is 5.26 Å². The molecule has 1 aromatic heterocycles. The molecule has 3 nitrogen and oxygen atoms in total. The van der Waals surface area contributed by atoms with Gasteiger partial charge in [-0.3, -0.25) is 0 Å². The van der Waals surface area contributed by atoms with Crippen LogP contribution in [0.3, 0.4) is 0 Å². The van der Waals surface area contributed by atoms with Crippen LogP contribution in [-0.4, -0.2) is 10.1 Å². The Bertz CT molecular complexity index is 380. The summed E-state index contributed by atoms with van der Waals surface area (Å²) in [6.45, 7) is 3.10. The van der Waals surface area contributed by atoms with E-state index in [-0.39, 0.29) is 0 Å². The number of hydrogen-bond acceptors (Lipinski definition) is 2.